The Bertz CT molecular complexity index is 683. The number of hydrogen-bond acceptors (Lipinski definition) is 1. The van der Waals surface area contributed by atoms with Gasteiger partial charge in [0, 0.05) is 18.5 Å². The monoisotopic (exact) mass is 256 g/mol. The molecule has 0 bridgehead atoms. The van der Waals surface area contributed by atoms with E-state index in [1.54, 1.807) is 0 Å². The third-order valence-corrected chi connectivity index (χ3v) is 3.46. The molecule has 0 fully saturated rings. The van der Waals surface area contributed by atoms with E-state index < -0.39 is 0 Å². The van der Waals surface area contributed by atoms with Crippen molar-refractivity contribution in [3.05, 3.63) is 54.1 Å². The second-order valence-electron chi connectivity index (χ2n) is 4.31. The summed E-state index contributed by atoms with van der Waals surface area (Å²) in [7, 11) is 2.04. The molecule has 0 saturated heterocycles. The number of halogens is 1. The minimum absolute atomic E-state index is 0.544. The molecule has 0 aliphatic heterocycles. The highest BCUT2D eigenvalue weighted by Crippen LogP contribution is 2.23. The molecule has 0 saturated carbocycles. The second-order valence-corrected chi connectivity index (χ2v) is 4.58. The minimum atomic E-state index is 0.544. The second kappa shape index (κ2) is 4.46. The maximum atomic E-state index is 5.80. The molecule has 2 aromatic carbocycles. The van der Waals surface area contributed by atoms with E-state index in [0.29, 0.717) is 5.88 Å². The minimum Gasteiger partial charge on any atom is -0.327 e. The number of rotatable bonds is 2. The van der Waals surface area contributed by atoms with Crippen LogP contribution in [0.25, 0.3) is 22.4 Å². The van der Waals surface area contributed by atoms with Crippen molar-refractivity contribution in [2.75, 3.05) is 0 Å². The van der Waals surface area contributed by atoms with Gasteiger partial charge in [0.1, 0.15) is 5.82 Å². The molecule has 0 spiro atoms. The molecule has 0 N–H and O–H groups in total. The highest BCUT2D eigenvalue weighted by atomic mass is 35.5. The first kappa shape index (κ1) is 11.3. The number of benzene rings is 2. The Morgan fingerprint density at radius 2 is 1.78 bits per heavy atom. The summed E-state index contributed by atoms with van der Waals surface area (Å²) < 4.78 is 2.12. The van der Waals surface area contributed by atoms with E-state index in [9.17, 15) is 0 Å². The highest BCUT2D eigenvalue weighted by molar-refractivity contribution is 6.17. The van der Waals surface area contributed by atoms with Crippen molar-refractivity contribution in [2.24, 2.45) is 7.05 Å². The Morgan fingerprint density at radius 3 is 2.44 bits per heavy atom. The standard InChI is InChI=1S/C15H13ClN2/c1-18-14-5-3-2-4-13(14)17-15(18)12-8-6-11(10-16)7-9-12/h2-9H,10H2,1H3. The van der Waals surface area contributed by atoms with Crippen LogP contribution in [0.1, 0.15) is 5.56 Å². The average Bonchev–Trinajstić information content (AvgIpc) is 2.77. The van der Waals surface area contributed by atoms with Gasteiger partial charge in [-0.05, 0) is 17.7 Å². The first-order chi connectivity index (χ1) is 8.79. The van der Waals surface area contributed by atoms with Crippen LogP contribution in [0.15, 0.2) is 48.5 Å². The van der Waals surface area contributed by atoms with Gasteiger partial charge in [-0.1, -0.05) is 36.4 Å². The summed E-state index contributed by atoms with van der Waals surface area (Å²) in [6.45, 7) is 0. The molecule has 1 aromatic heterocycles. The first-order valence-corrected chi connectivity index (χ1v) is 6.40. The van der Waals surface area contributed by atoms with Gasteiger partial charge in [-0.3, -0.25) is 0 Å². The van der Waals surface area contributed by atoms with Crippen molar-refractivity contribution < 1.29 is 0 Å². The normalized spacial score (nSPS) is 11.0. The summed E-state index contributed by atoms with van der Waals surface area (Å²) >= 11 is 5.80. The van der Waals surface area contributed by atoms with Gasteiger partial charge < -0.3 is 4.57 Å². The fourth-order valence-electron chi connectivity index (χ4n) is 2.15. The van der Waals surface area contributed by atoms with Gasteiger partial charge in [0.15, 0.2) is 0 Å². The van der Waals surface area contributed by atoms with Gasteiger partial charge in [-0.2, -0.15) is 0 Å². The predicted octanol–water partition coefficient (Wildman–Crippen LogP) is 3.98. The maximum Gasteiger partial charge on any atom is 0.140 e. The smallest absolute Gasteiger partial charge is 0.140 e. The number of para-hydroxylation sites is 2. The molecule has 2 nitrogen and oxygen atoms in total. The predicted molar refractivity (Wildman–Crippen MR) is 75.7 cm³/mol. The first-order valence-electron chi connectivity index (χ1n) is 5.86. The highest BCUT2D eigenvalue weighted by Gasteiger charge is 2.08. The molecule has 18 heavy (non-hydrogen) atoms. The topological polar surface area (TPSA) is 17.8 Å². The molecule has 0 unspecified atom stereocenters. The van der Waals surface area contributed by atoms with Crippen LogP contribution in [-0.4, -0.2) is 9.55 Å². The van der Waals surface area contributed by atoms with Gasteiger partial charge in [0.2, 0.25) is 0 Å². The van der Waals surface area contributed by atoms with Gasteiger partial charge >= 0.3 is 0 Å². The van der Waals surface area contributed by atoms with Crippen LogP contribution in [-0.2, 0) is 12.9 Å². The lowest BCUT2D eigenvalue weighted by Gasteiger charge is -2.03. The molecule has 0 aliphatic rings. The Morgan fingerprint density at radius 1 is 1.06 bits per heavy atom. The maximum absolute atomic E-state index is 5.80. The van der Waals surface area contributed by atoms with E-state index in [2.05, 4.69) is 27.8 Å². The third kappa shape index (κ3) is 1.79. The fraction of sp³-hybridized carbons (Fsp3) is 0.133. The van der Waals surface area contributed by atoms with Crippen LogP contribution >= 0.6 is 11.6 Å². The van der Waals surface area contributed by atoms with Gasteiger partial charge in [-0.25, -0.2) is 4.98 Å². The van der Waals surface area contributed by atoms with Gasteiger partial charge in [0.05, 0.1) is 11.0 Å². The molecule has 1 heterocycles. The molecule has 0 aliphatic carbocycles. The molecule has 3 heteroatoms. The molecular weight excluding hydrogens is 244 g/mol. The van der Waals surface area contributed by atoms with Gasteiger partial charge in [-0.15, -0.1) is 11.6 Å². The van der Waals surface area contributed by atoms with E-state index in [-0.39, 0.29) is 0 Å². The Hall–Kier alpha value is -1.80. The Kier molecular flexibility index (Phi) is 2.80. The molecule has 0 atom stereocenters. The van der Waals surface area contributed by atoms with E-state index in [0.717, 1.165) is 28.0 Å². The largest absolute Gasteiger partial charge is 0.327 e. The van der Waals surface area contributed by atoms with Crippen LogP contribution in [0, 0.1) is 0 Å². The number of aromatic nitrogens is 2. The Balaban J connectivity index is 2.15. The SMILES string of the molecule is Cn1c(-c2ccc(CCl)cc2)nc2ccccc21. The average molecular weight is 257 g/mol. The molecule has 3 rings (SSSR count). The van der Waals surface area contributed by atoms with Crippen molar-refractivity contribution in [1.29, 1.82) is 0 Å². The van der Waals surface area contributed by atoms with Crippen LogP contribution in [0.4, 0.5) is 0 Å². The lowest BCUT2D eigenvalue weighted by atomic mass is 10.1. The molecule has 0 radical (unpaired) electrons. The number of hydrogen-bond donors (Lipinski definition) is 0. The van der Waals surface area contributed by atoms with Crippen LogP contribution in [0.5, 0.6) is 0 Å². The summed E-state index contributed by atoms with van der Waals surface area (Å²) in [6.07, 6.45) is 0. The number of imidazole rings is 1. The number of alkyl halides is 1. The summed E-state index contributed by atoms with van der Waals surface area (Å²) in [5, 5.41) is 0. The molecule has 3 aromatic rings. The van der Waals surface area contributed by atoms with Crippen LogP contribution in [0.3, 0.4) is 0 Å². The molecule has 0 amide bonds. The molecular formula is C15H13ClN2. The third-order valence-electron chi connectivity index (χ3n) is 3.15. The van der Waals surface area contributed by atoms with Crippen molar-refractivity contribution >= 4 is 22.6 Å². The van der Waals surface area contributed by atoms with Gasteiger partial charge in [0.25, 0.3) is 0 Å². The summed E-state index contributed by atoms with van der Waals surface area (Å²) in [5.41, 5.74) is 4.41. The van der Waals surface area contributed by atoms with Crippen molar-refractivity contribution in [2.45, 2.75) is 5.88 Å². The number of aryl methyl sites for hydroxylation is 1. The van der Waals surface area contributed by atoms with E-state index >= 15 is 0 Å². The quantitative estimate of drug-likeness (QED) is 0.634. The number of fused-ring (bicyclic) bond motifs is 1. The number of nitrogens with zero attached hydrogens (tertiary/aromatic N) is 2. The van der Waals surface area contributed by atoms with Crippen molar-refractivity contribution in [3.63, 3.8) is 0 Å². The van der Waals surface area contributed by atoms with Crippen molar-refractivity contribution in [3.8, 4) is 11.4 Å². The Labute approximate surface area is 111 Å². The van der Waals surface area contributed by atoms with E-state index in [1.165, 1.54) is 0 Å². The van der Waals surface area contributed by atoms with E-state index in [1.807, 2.05) is 37.4 Å². The summed E-state index contributed by atoms with van der Waals surface area (Å²) in [6, 6.07) is 16.4. The zero-order valence-electron chi connectivity index (χ0n) is 10.1. The zero-order chi connectivity index (χ0) is 12.5. The molecule has 90 valence electrons. The van der Waals surface area contributed by atoms with E-state index in [4.69, 9.17) is 11.6 Å². The lowest BCUT2D eigenvalue weighted by Crippen LogP contribution is -1.92. The zero-order valence-corrected chi connectivity index (χ0v) is 10.9. The fourth-order valence-corrected chi connectivity index (χ4v) is 2.32. The lowest BCUT2D eigenvalue weighted by molar-refractivity contribution is 0.959. The summed E-state index contributed by atoms with van der Waals surface area (Å²) in [5.74, 6) is 1.53. The summed E-state index contributed by atoms with van der Waals surface area (Å²) in [4.78, 5) is 4.67. The van der Waals surface area contributed by atoms with Crippen LogP contribution in [0.2, 0.25) is 0 Å². The van der Waals surface area contributed by atoms with Crippen LogP contribution < -0.4 is 0 Å². The van der Waals surface area contributed by atoms with Crippen molar-refractivity contribution in [1.82, 2.24) is 9.55 Å².